The molecule has 0 bridgehead atoms. The minimum Gasteiger partial charge on any atom is -0.462 e. The molecule has 0 N–H and O–H groups in total. The summed E-state index contributed by atoms with van der Waals surface area (Å²) in [5, 5.41) is 0. The number of hydrogen-bond donors (Lipinski definition) is 0. The van der Waals surface area contributed by atoms with Gasteiger partial charge in [0.2, 0.25) is 0 Å². The standard InChI is InChI=1S/C18H16F12O2/c1-10-4-6-11(7-5-10)12(31)32-9-3-2-8-14(21,22)16(25,26)18(29,30)17(27,28)15(23,24)13(19)20/h4-7,13H,2-3,8-9H2,1H3. The highest BCUT2D eigenvalue weighted by atomic mass is 19.4. The maximum atomic E-state index is 13.6. The first-order chi connectivity index (χ1) is 14.3. The van der Waals surface area contributed by atoms with E-state index in [0.29, 0.717) is 0 Å². The van der Waals surface area contributed by atoms with Crippen molar-refractivity contribution in [1.82, 2.24) is 0 Å². The van der Waals surface area contributed by atoms with E-state index in [9.17, 15) is 57.5 Å². The van der Waals surface area contributed by atoms with E-state index in [4.69, 9.17) is 0 Å². The zero-order chi connectivity index (χ0) is 25.2. The van der Waals surface area contributed by atoms with Gasteiger partial charge in [-0.3, -0.25) is 0 Å². The number of benzene rings is 1. The predicted molar refractivity (Wildman–Crippen MR) is 86.1 cm³/mol. The number of aryl methyl sites for hydroxylation is 1. The van der Waals surface area contributed by atoms with Gasteiger partial charge in [-0.2, -0.15) is 43.9 Å². The highest BCUT2D eigenvalue weighted by Crippen LogP contribution is 2.58. The van der Waals surface area contributed by atoms with Crippen molar-refractivity contribution in [1.29, 1.82) is 0 Å². The summed E-state index contributed by atoms with van der Waals surface area (Å²) in [6.45, 7) is 1.06. The Hall–Kier alpha value is -2.15. The topological polar surface area (TPSA) is 26.3 Å². The molecule has 32 heavy (non-hydrogen) atoms. The second-order valence-electron chi connectivity index (χ2n) is 6.81. The average Bonchev–Trinajstić information content (AvgIpc) is 2.67. The van der Waals surface area contributed by atoms with Gasteiger partial charge in [-0.05, 0) is 31.9 Å². The van der Waals surface area contributed by atoms with Gasteiger partial charge in [0.15, 0.2) is 0 Å². The van der Waals surface area contributed by atoms with E-state index in [0.717, 1.165) is 5.56 Å². The molecule has 1 rings (SSSR count). The van der Waals surface area contributed by atoms with Gasteiger partial charge in [-0.25, -0.2) is 13.6 Å². The van der Waals surface area contributed by atoms with Gasteiger partial charge < -0.3 is 4.74 Å². The minimum absolute atomic E-state index is 0.0503. The second kappa shape index (κ2) is 9.38. The maximum Gasteiger partial charge on any atom is 0.384 e. The van der Waals surface area contributed by atoms with Crippen LogP contribution in [-0.2, 0) is 4.74 Å². The molecule has 184 valence electrons. The molecule has 0 radical (unpaired) electrons. The predicted octanol–water partition coefficient (Wildman–Crippen LogP) is 6.76. The van der Waals surface area contributed by atoms with Crippen LogP contribution in [-0.4, -0.2) is 48.6 Å². The summed E-state index contributed by atoms with van der Waals surface area (Å²) in [5.41, 5.74) is 0.840. The van der Waals surface area contributed by atoms with Gasteiger partial charge in [0.05, 0.1) is 12.2 Å². The summed E-state index contributed by atoms with van der Waals surface area (Å²) in [7, 11) is 0. The first-order valence-electron chi connectivity index (χ1n) is 8.74. The molecule has 0 atom stereocenters. The molecule has 1 aromatic carbocycles. The molecule has 0 fully saturated rings. The molecular formula is C18H16F12O2. The van der Waals surface area contributed by atoms with E-state index in [-0.39, 0.29) is 5.56 Å². The first kappa shape index (κ1) is 27.9. The van der Waals surface area contributed by atoms with Crippen molar-refractivity contribution in [2.45, 2.75) is 62.2 Å². The number of carbonyl (C=O) groups is 1. The Morgan fingerprint density at radius 3 is 1.78 bits per heavy atom. The molecule has 0 aliphatic heterocycles. The molecule has 0 aromatic heterocycles. The number of unbranched alkanes of at least 4 members (excludes halogenated alkanes) is 1. The lowest BCUT2D eigenvalue weighted by Gasteiger charge is -2.39. The molecule has 0 aliphatic carbocycles. The Balaban J connectivity index is 2.78. The first-order valence-corrected chi connectivity index (χ1v) is 8.74. The van der Waals surface area contributed by atoms with Gasteiger partial charge >= 0.3 is 42.0 Å². The van der Waals surface area contributed by atoms with Crippen LogP contribution in [0.5, 0.6) is 0 Å². The summed E-state index contributed by atoms with van der Waals surface area (Å²) >= 11 is 0. The van der Waals surface area contributed by atoms with Crippen LogP contribution < -0.4 is 0 Å². The molecule has 14 heteroatoms. The van der Waals surface area contributed by atoms with Gasteiger partial charge in [0.25, 0.3) is 0 Å². The van der Waals surface area contributed by atoms with Crippen molar-refractivity contribution in [3.8, 4) is 0 Å². The molecule has 0 amide bonds. The van der Waals surface area contributed by atoms with E-state index in [1.807, 2.05) is 0 Å². The van der Waals surface area contributed by atoms with Crippen LogP contribution in [0.1, 0.15) is 35.2 Å². The maximum absolute atomic E-state index is 13.6. The molecule has 0 saturated heterocycles. The van der Waals surface area contributed by atoms with Crippen molar-refractivity contribution in [2.24, 2.45) is 0 Å². The molecule has 0 heterocycles. The van der Waals surface area contributed by atoms with Crippen LogP contribution in [0.25, 0.3) is 0 Å². The van der Waals surface area contributed by atoms with Crippen molar-refractivity contribution >= 4 is 5.97 Å². The molecule has 0 saturated carbocycles. The van der Waals surface area contributed by atoms with Crippen LogP contribution in [0.3, 0.4) is 0 Å². The number of carbonyl (C=O) groups excluding carboxylic acids is 1. The Kier molecular flexibility index (Phi) is 8.17. The van der Waals surface area contributed by atoms with Gasteiger partial charge in [-0.1, -0.05) is 17.7 Å². The number of rotatable bonds is 11. The number of halogens is 12. The lowest BCUT2D eigenvalue weighted by molar-refractivity contribution is -0.413. The van der Waals surface area contributed by atoms with Crippen molar-refractivity contribution in [3.63, 3.8) is 0 Å². The van der Waals surface area contributed by atoms with E-state index in [1.54, 1.807) is 6.92 Å². The fraction of sp³-hybridized carbons (Fsp3) is 0.611. The third kappa shape index (κ3) is 5.08. The zero-order valence-corrected chi connectivity index (χ0v) is 16.1. The SMILES string of the molecule is Cc1ccc(C(=O)OCCCCC(F)(F)C(F)(F)C(F)(F)C(F)(F)C(F)(F)C(F)F)cc1. The van der Waals surface area contributed by atoms with Crippen LogP contribution in [0.15, 0.2) is 24.3 Å². The molecule has 0 spiro atoms. The van der Waals surface area contributed by atoms with E-state index in [1.165, 1.54) is 24.3 Å². The summed E-state index contributed by atoms with van der Waals surface area (Å²) in [5.74, 6) is -36.1. The van der Waals surface area contributed by atoms with E-state index >= 15 is 0 Å². The third-order valence-corrected chi connectivity index (χ3v) is 4.35. The number of hydrogen-bond acceptors (Lipinski definition) is 2. The Bertz CT molecular complexity index is 775. The monoisotopic (exact) mass is 492 g/mol. The van der Waals surface area contributed by atoms with Crippen LogP contribution in [0.2, 0.25) is 0 Å². The minimum atomic E-state index is -7.53. The zero-order valence-electron chi connectivity index (χ0n) is 16.1. The number of esters is 1. The van der Waals surface area contributed by atoms with Crippen molar-refractivity contribution < 1.29 is 62.2 Å². The second-order valence-corrected chi connectivity index (χ2v) is 6.81. The molecule has 0 unspecified atom stereocenters. The molecular weight excluding hydrogens is 476 g/mol. The Labute approximate surface area is 173 Å². The van der Waals surface area contributed by atoms with Crippen LogP contribution in [0, 0.1) is 6.92 Å². The largest absolute Gasteiger partial charge is 0.462 e. The Morgan fingerprint density at radius 2 is 1.31 bits per heavy atom. The fourth-order valence-electron chi connectivity index (χ4n) is 2.32. The van der Waals surface area contributed by atoms with E-state index in [2.05, 4.69) is 4.74 Å². The third-order valence-electron chi connectivity index (χ3n) is 4.35. The van der Waals surface area contributed by atoms with Crippen LogP contribution >= 0.6 is 0 Å². The summed E-state index contributed by atoms with van der Waals surface area (Å²) < 4.78 is 161. The highest BCUT2D eigenvalue weighted by molar-refractivity contribution is 5.89. The van der Waals surface area contributed by atoms with Gasteiger partial charge in [0, 0.05) is 6.42 Å². The highest BCUT2D eigenvalue weighted by Gasteiger charge is 2.87. The Morgan fingerprint density at radius 1 is 0.812 bits per heavy atom. The van der Waals surface area contributed by atoms with Crippen molar-refractivity contribution in [3.05, 3.63) is 35.4 Å². The lowest BCUT2D eigenvalue weighted by atomic mass is 9.92. The molecule has 2 nitrogen and oxygen atoms in total. The molecule has 0 aliphatic rings. The number of alkyl halides is 12. The number of ether oxygens (including phenoxy) is 1. The summed E-state index contributed by atoms with van der Waals surface area (Å²) in [4.78, 5) is 11.7. The smallest absolute Gasteiger partial charge is 0.384 e. The fourth-order valence-corrected chi connectivity index (χ4v) is 2.32. The normalized spacial score (nSPS) is 14.1. The summed E-state index contributed by atoms with van der Waals surface area (Å²) in [6, 6.07) is 5.77. The quantitative estimate of drug-likeness (QED) is 0.194. The lowest BCUT2D eigenvalue weighted by Crippen LogP contribution is -2.68. The summed E-state index contributed by atoms with van der Waals surface area (Å²) in [6.07, 6.45) is -9.45. The van der Waals surface area contributed by atoms with Crippen molar-refractivity contribution in [2.75, 3.05) is 6.61 Å². The average molecular weight is 492 g/mol. The van der Waals surface area contributed by atoms with Gasteiger partial charge in [0.1, 0.15) is 0 Å². The van der Waals surface area contributed by atoms with Crippen LogP contribution in [0.4, 0.5) is 52.7 Å². The molecule has 1 aromatic rings. The van der Waals surface area contributed by atoms with Gasteiger partial charge in [-0.15, -0.1) is 0 Å². The van der Waals surface area contributed by atoms with E-state index < -0.39 is 67.9 Å².